The molecule has 0 aromatic heterocycles. The van der Waals surface area contributed by atoms with E-state index in [1.165, 1.54) is 270 Å². The van der Waals surface area contributed by atoms with Gasteiger partial charge in [0, 0.05) is 19.3 Å². The van der Waals surface area contributed by atoms with Gasteiger partial charge < -0.3 is 14.2 Å². The Bertz CT molecular complexity index is 1120. The molecule has 0 aromatic carbocycles. The molecule has 426 valence electrons. The van der Waals surface area contributed by atoms with E-state index >= 15 is 0 Å². The van der Waals surface area contributed by atoms with Gasteiger partial charge in [-0.05, 0) is 44.9 Å². The summed E-state index contributed by atoms with van der Waals surface area (Å²) in [7, 11) is 0. The van der Waals surface area contributed by atoms with E-state index in [1.54, 1.807) is 0 Å². The Morgan fingerprint density at radius 1 is 0.264 bits per heavy atom. The highest BCUT2D eigenvalue weighted by molar-refractivity contribution is 5.71. The highest BCUT2D eigenvalue weighted by Crippen LogP contribution is 2.18. The maximum absolute atomic E-state index is 12.9. The van der Waals surface area contributed by atoms with Crippen molar-refractivity contribution in [1.29, 1.82) is 0 Å². The summed E-state index contributed by atoms with van der Waals surface area (Å²) in [6.07, 6.45) is 72.2. The molecule has 0 aliphatic heterocycles. The van der Waals surface area contributed by atoms with Crippen LogP contribution in [0.1, 0.15) is 374 Å². The molecule has 0 saturated heterocycles. The topological polar surface area (TPSA) is 78.9 Å². The van der Waals surface area contributed by atoms with E-state index in [1.807, 2.05) is 0 Å². The molecule has 0 amide bonds. The van der Waals surface area contributed by atoms with E-state index in [4.69, 9.17) is 14.2 Å². The second-order valence-electron chi connectivity index (χ2n) is 22.4. The first kappa shape index (κ1) is 70.1. The Kier molecular flexibility index (Phi) is 60.1. The van der Waals surface area contributed by atoms with E-state index in [0.717, 1.165) is 64.2 Å². The van der Waals surface area contributed by atoms with Gasteiger partial charge in [0.15, 0.2) is 6.10 Å². The molecule has 0 bridgehead atoms. The lowest BCUT2D eigenvalue weighted by atomic mass is 10.0. The third kappa shape index (κ3) is 59.0. The number of carbonyl (C=O) groups is 3. The average molecular weight is 1020 g/mol. The fraction of sp³-hybridized carbons (Fsp3) is 0.924. The minimum absolute atomic E-state index is 0.0658. The van der Waals surface area contributed by atoms with E-state index in [9.17, 15) is 14.4 Å². The first-order valence-electron chi connectivity index (χ1n) is 32.7. The summed E-state index contributed by atoms with van der Waals surface area (Å²) in [6, 6.07) is 0. The van der Waals surface area contributed by atoms with Crippen molar-refractivity contribution >= 4 is 17.9 Å². The van der Waals surface area contributed by atoms with Gasteiger partial charge in [0.2, 0.25) is 0 Å². The van der Waals surface area contributed by atoms with Crippen LogP contribution in [0.15, 0.2) is 12.2 Å². The quantitative estimate of drug-likeness (QED) is 0.0261. The van der Waals surface area contributed by atoms with E-state index in [0.29, 0.717) is 19.3 Å². The fourth-order valence-corrected chi connectivity index (χ4v) is 10.1. The summed E-state index contributed by atoms with van der Waals surface area (Å²) < 4.78 is 17.0. The average Bonchev–Trinajstić information content (AvgIpc) is 3.38. The monoisotopic (exact) mass is 1010 g/mol. The van der Waals surface area contributed by atoms with Gasteiger partial charge in [-0.2, -0.15) is 0 Å². The molecule has 6 nitrogen and oxygen atoms in total. The van der Waals surface area contributed by atoms with Crippen molar-refractivity contribution in [3.8, 4) is 0 Å². The van der Waals surface area contributed by atoms with Gasteiger partial charge in [-0.25, -0.2) is 0 Å². The van der Waals surface area contributed by atoms with Gasteiger partial charge in [-0.3, -0.25) is 14.4 Å². The second kappa shape index (κ2) is 61.7. The summed E-state index contributed by atoms with van der Waals surface area (Å²) in [5, 5.41) is 0. The van der Waals surface area contributed by atoms with Crippen molar-refractivity contribution in [2.75, 3.05) is 13.2 Å². The van der Waals surface area contributed by atoms with Crippen molar-refractivity contribution in [2.45, 2.75) is 380 Å². The number of esters is 3. The van der Waals surface area contributed by atoms with Crippen LogP contribution in [0.3, 0.4) is 0 Å². The maximum atomic E-state index is 12.9. The standard InChI is InChI=1S/C66H126O6/c1-4-7-10-13-16-19-22-25-28-31-33-34-36-38-41-44-47-50-53-56-59-65(68)71-62-63(61-70-64(67)58-55-52-49-46-43-40-37-30-27-24-21-18-15-12-9-6-3)72-66(69)60-57-54-51-48-45-42-39-35-32-29-26-23-20-17-14-11-8-5-2/h30,37,63H,4-29,31-36,38-62H2,1-3H3/b37-30-. The highest BCUT2D eigenvalue weighted by Gasteiger charge is 2.19. The zero-order valence-corrected chi connectivity index (χ0v) is 49.0. The van der Waals surface area contributed by atoms with Crippen LogP contribution in [-0.4, -0.2) is 37.2 Å². The predicted octanol–water partition coefficient (Wildman–Crippen LogP) is 22.1. The molecule has 0 aliphatic carbocycles. The molecule has 1 unspecified atom stereocenters. The molecule has 0 spiro atoms. The van der Waals surface area contributed by atoms with Crippen LogP contribution < -0.4 is 0 Å². The number of carbonyl (C=O) groups excluding carboxylic acids is 3. The third-order valence-corrected chi connectivity index (χ3v) is 15.0. The molecule has 1 atom stereocenters. The van der Waals surface area contributed by atoms with Crippen molar-refractivity contribution < 1.29 is 28.6 Å². The van der Waals surface area contributed by atoms with E-state index < -0.39 is 6.10 Å². The number of hydrogen-bond acceptors (Lipinski definition) is 6. The van der Waals surface area contributed by atoms with Crippen molar-refractivity contribution in [1.82, 2.24) is 0 Å². The van der Waals surface area contributed by atoms with Gasteiger partial charge in [0.1, 0.15) is 13.2 Å². The largest absolute Gasteiger partial charge is 0.462 e. The fourth-order valence-electron chi connectivity index (χ4n) is 10.1. The normalized spacial score (nSPS) is 12.0. The van der Waals surface area contributed by atoms with E-state index in [-0.39, 0.29) is 31.1 Å². The van der Waals surface area contributed by atoms with Crippen LogP contribution in [0.2, 0.25) is 0 Å². The molecule has 0 radical (unpaired) electrons. The van der Waals surface area contributed by atoms with Crippen LogP contribution in [-0.2, 0) is 28.6 Å². The molecule has 0 saturated carbocycles. The van der Waals surface area contributed by atoms with Crippen LogP contribution in [0.25, 0.3) is 0 Å². The Hall–Kier alpha value is -1.85. The van der Waals surface area contributed by atoms with Crippen LogP contribution in [0, 0.1) is 0 Å². The zero-order chi connectivity index (χ0) is 52.2. The van der Waals surface area contributed by atoms with Gasteiger partial charge in [-0.15, -0.1) is 0 Å². The molecular weight excluding hydrogens is 889 g/mol. The van der Waals surface area contributed by atoms with Gasteiger partial charge in [0.25, 0.3) is 0 Å². The number of rotatable bonds is 61. The lowest BCUT2D eigenvalue weighted by molar-refractivity contribution is -0.167. The SMILES string of the molecule is CCCCCCCCC/C=C\CCCCCCCC(=O)OCC(COC(=O)CCCCCCCCCCCCCCCCCCCCCC)OC(=O)CCCCCCCCCCCCCCCCCCCC. The first-order valence-corrected chi connectivity index (χ1v) is 32.7. The number of ether oxygens (including phenoxy) is 3. The third-order valence-electron chi connectivity index (χ3n) is 15.0. The van der Waals surface area contributed by atoms with Crippen LogP contribution >= 0.6 is 0 Å². The molecule has 0 heterocycles. The molecule has 0 N–H and O–H groups in total. The van der Waals surface area contributed by atoms with Crippen molar-refractivity contribution in [3.63, 3.8) is 0 Å². The number of hydrogen-bond donors (Lipinski definition) is 0. The summed E-state index contributed by atoms with van der Waals surface area (Å²) in [5.41, 5.74) is 0. The van der Waals surface area contributed by atoms with E-state index in [2.05, 4.69) is 32.9 Å². The molecule has 6 heteroatoms. The van der Waals surface area contributed by atoms with Gasteiger partial charge >= 0.3 is 17.9 Å². The lowest BCUT2D eigenvalue weighted by Crippen LogP contribution is -2.30. The van der Waals surface area contributed by atoms with Crippen LogP contribution in [0.5, 0.6) is 0 Å². The van der Waals surface area contributed by atoms with Crippen LogP contribution in [0.4, 0.5) is 0 Å². The molecule has 0 fully saturated rings. The minimum atomic E-state index is -0.769. The Morgan fingerprint density at radius 2 is 0.458 bits per heavy atom. The molecule has 0 aromatic rings. The Labute approximate surface area is 450 Å². The molecule has 0 rings (SSSR count). The zero-order valence-electron chi connectivity index (χ0n) is 49.0. The predicted molar refractivity (Wildman–Crippen MR) is 312 cm³/mol. The summed E-state index contributed by atoms with van der Waals surface area (Å²) in [6.45, 7) is 6.71. The second-order valence-corrected chi connectivity index (χ2v) is 22.4. The summed E-state index contributed by atoms with van der Waals surface area (Å²) in [4.78, 5) is 38.3. The highest BCUT2D eigenvalue weighted by atomic mass is 16.6. The molecule has 0 aliphatic rings. The Balaban J connectivity index is 4.29. The number of unbranched alkanes of at least 4 members (excludes halogenated alkanes) is 48. The van der Waals surface area contributed by atoms with Crippen molar-refractivity contribution in [3.05, 3.63) is 12.2 Å². The smallest absolute Gasteiger partial charge is 0.306 e. The lowest BCUT2D eigenvalue weighted by Gasteiger charge is -2.18. The Morgan fingerprint density at radius 3 is 0.694 bits per heavy atom. The van der Waals surface area contributed by atoms with Crippen molar-refractivity contribution in [2.24, 2.45) is 0 Å². The number of allylic oxidation sites excluding steroid dienone is 2. The molecular formula is C66H126O6. The summed E-state index contributed by atoms with van der Waals surface area (Å²) >= 11 is 0. The van der Waals surface area contributed by atoms with Gasteiger partial charge in [0.05, 0.1) is 0 Å². The first-order chi connectivity index (χ1) is 35.5. The molecule has 72 heavy (non-hydrogen) atoms. The maximum Gasteiger partial charge on any atom is 0.306 e. The minimum Gasteiger partial charge on any atom is -0.462 e. The van der Waals surface area contributed by atoms with Gasteiger partial charge in [-0.1, -0.05) is 322 Å². The summed E-state index contributed by atoms with van der Waals surface area (Å²) in [5.74, 6) is -0.842.